The van der Waals surface area contributed by atoms with Gasteiger partial charge in [0, 0.05) is 31.4 Å². The molecule has 4 aromatic rings. The number of phenolic OH excluding ortho intramolecular Hbond substituents is 1. The maximum Gasteiger partial charge on any atom is 0.231 e. The minimum absolute atomic E-state index is 0.129. The molecule has 0 amide bonds. The van der Waals surface area contributed by atoms with Gasteiger partial charge < -0.3 is 5.11 Å². The van der Waals surface area contributed by atoms with Crippen LogP contribution in [0.4, 0.5) is 0 Å². The number of rotatable bonds is 2. The number of fused-ring (bicyclic) bond motifs is 5. The van der Waals surface area contributed by atoms with Crippen LogP contribution >= 0.6 is 0 Å². The number of hydrogen-bond donors (Lipinski definition) is 1. The van der Waals surface area contributed by atoms with Crippen LogP contribution in [0.25, 0.3) is 21.8 Å². The Morgan fingerprint density at radius 3 is 2.62 bits per heavy atom. The zero-order chi connectivity index (χ0) is 19.5. The third kappa shape index (κ3) is 2.45. The fraction of sp³-hybridized carbons (Fsp3) is 0.240. The van der Waals surface area contributed by atoms with Crippen LogP contribution in [0.1, 0.15) is 33.5 Å². The van der Waals surface area contributed by atoms with Crippen molar-refractivity contribution in [2.75, 3.05) is 6.54 Å². The second-order valence-electron chi connectivity index (χ2n) is 8.24. The lowest BCUT2D eigenvalue weighted by Gasteiger charge is -2.30. The standard InChI is InChI=1S/C25H22N2O2/c28-21-8-4-7-20-24(21)23-19-11-12-26(14-16-5-2-1-3-6-16)15-18(19)13-17-9-10-22(29)27(20)25(17)23/h1-8,13,28H,9-12,14-15H2. The molecule has 0 fully saturated rings. The summed E-state index contributed by atoms with van der Waals surface area (Å²) in [6.45, 7) is 2.82. The first-order valence-electron chi connectivity index (χ1n) is 10.3. The summed E-state index contributed by atoms with van der Waals surface area (Å²) >= 11 is 0. The van der Waals surface area contributed by atoms with Crippen LogP contribution in [0.2, 0.25) is 0 Å². The molecule has 0 bridgehead atoms. The third-order valence-electron chi connectivity index (χ3n) is 6.49. The van der Waals surface area contributed by atoms with Crippen LogP contribution in [-0.2, 0) is 25.9 Å². The predicted molar refractivity (Wildman–Crippen MR) is 114 cm³/mol. The minimum Gasteiger partial charge on any atom is -0.507 e. The molecule has 2 aliphatic heterocycles. The van der Waals surface area contributed by atoms with Crippen molar-refractivity contribution in [3.63, 3.8) is 0 Å². The molecule has 0 unspecified atom stereocenters. The number of carbonyl (C=O) groups is 1. The van der Waals surface area contributed by atoms with Crippen molar-refractivity contribution in [2.24, 2.45) is 0 Å². The lowest BCUT2D eigenvalue weighted by molar-refractivity contribution is 0.0908. The molecule has 6 rings (SSSR count). The Kier molecular flexibility index (Phi) is 3.59. The smallest absolute Gasteiger partial charge is 0.231 e. The van der Waals surface area contributed by atoms with E-state index in [-0.39, 0.29) is 11.7 Å². The largest absolute Gasteiger partial charge is 0.507 e. The average Bonchev–Trinajstić information content (AvgIpc) is 3.09. The van der Waals surface area contributed by atoms with Gasteiger partial charge in [-0.05, 0) is 47.2 Å². The fourth-order valence-electron chi connectivity index (χ4n) is 5.24. The third-order valence-corrected chi connectivity index (χ3v) is 6.49. The Morgan fingerprint density at radius 1 is 0.897 bits per heavy atom. The Morgan fingerprint density at radius 2 is 1.76 bits per heavy atom. The predicted octanol–water partition coefficient (Wildman–Crippen LogP) is 4.64. The molecule has 0 aliphatic carbocycles. The molecule has 4 nitrogen and oxygen atoms in total. The van der Waals surface area contributed by atoms with E-state index < -0.39 is 0 Å². The molecule has 1 aromatic heterocycles. The van der Waals surface area contributed by atoms with Crippen molar-refractivity contribution < 1.29 is 9.90 Å². The SMILES string of the molecule is O=C1CCc2cc3c(c4c5c(O)cccc5n1c24)CCN(Cc1ccccc1)C3. The van der Waals surface area contributed by atoms with Gasteiger partial charge in [-0.2, -0.15) is 0 Å². The molecule has 0 atom stereocenters. The Balaban J connectivity index is 1.54. The quantitative estimate of drug-likeness (QED) is 0.549. The first-order chi connectivity index (χ1) is 14.2. The minimum atomic E-state index is 0.129. The summed E-state index contributed by atoms with van der Waals surface area (Å²) in [5.74, 6) is 0.400. The van der Waals surface area contributed by atoms with Gasteiger partial charge in [0.2, 0.25) is 5.91 Å². The van der Waals surface area contributed by atoms with E-state index in [2.05, 4.69) is 41.3 Å². The lowest BCUT2D eigenvalue weighted by atomic mass is 9.89. The van der Waals surface area contributed by atoms with Gasteiger partial charge in [0.1, 0.15) is 5.75 Å². The first-order valence-corrected chi connectivity index (χ1v) is 10.3. The molecule has 0 radical (unpaired) electrons. The molecule has 29 heavy (non-hydrogen) atoms. The first kappa shape index (κ1) is 16.8. The molecule has 3 aromatic carbocycles. The summed E-state index contributed by atoms with van der Waals surface area (Å²) < 4.78 is 1.85. The molecular formula is C25H22N2O2. The van der Waals surface area contributed by atoms with Crippen LogP contribution in [0, 0.1) is 0 Å². The number of aryl methyl sites for hydroxylation is 1. The van der Waals surface area contributed by atoms with E-state index in [1.807, 2.05) is 16.7 Å². The number of carbonyl (C=O) groups excluding carboxylic acids is 1. The van der Waals surface area contributed by atoms with Crippen LogP contribution in [-0.4, -0.2) is 27.0 Å². The van der Waals surface area contributed by atoms with E-state index in [1.165, 1.54) is 22.3 Å². The highest BCUT2D eigenvalue weighted by Gasteiger charge is 2.29. The van der Waals surface area contributed by atoms with Gasteiger partial charge in [0.25, 0.3) is 0 Å². The summed E-state index contributed by atoms with van der Waals surface area (Å²) in [5, 5.41) is 12.6. The zero-order valence-electron chi connectivity index (χ0n) is 16.2. The molecular weight excluding hydrogens is 360 g/mol. The average molecular weight is 382 g/mol. The summed E-state index contributed by atoms with van der Waals surface area (Å²) in [5.41, 5.74) is 7.06. The van der Waals surface area contributed by atoms with Crippen molar-refractivity contribution in [2.45, 2.75) is 32.4 Å². The van der Waals surface area contributed by atoms with Crippen LogP contribution in [0.15, 0.2) is 54.6 Å². The number of phenols is 1. The lowest BCUT2D eigenvalue weighted by Crippen LogP contribution is -2.30. The highest BCUT2D eigenvalue weighted by molar-refractivity contribution is 6.18. The summed E-state index contributed by atoms with van der Waals surface area (Å²) in [4.78, 5) is 15.2. The maximum absolute atomic E-state index is 12.8. The summed E-state index contributed by atoms with van der Waals surface area (Å²) in [6.07, 6.45) is 2.23. The van der Waals surface area contributed by atoms with Crippen LogP contribution in [0.3, 0.4) is 0 Å². The second kappa shape index (κ2) is 6.19. The van der Waals surface area contributed by atoms with Crippen molar-refractivity contribution in [1.82, 2.24) is 9.47 Å². The Hall–Kier alpha value is -3.11. The Bertz CT molecular complexity index is 1290. The van der Waals surface area contributed by atoms with Gasteiger partial charge in [-0.1, -0.05) is 42.5 Å². The van der Waals surface area contributed by atoms with Crippen LogP contribution in [0.5, 0.6) is 5.75 Å². The van der Waals surface area contributed by atoms with E-state index in [9.17, 15) is 9.90 Å². The van der Waals surface area contributed by atoms with E-state index in [0.29, 0.717) is 6.42 Å². The van der Waals surface area contributed by atoms with Gasteiger partial charge in [-0.3, -0.25) is 14.3 Å². The molecule has 3 heterocycles. The molecule has 0 saturated carbocycles. The van der Waals surface area contributed by atoms with Gasteiger partial charge >= 0.3 is 0 Å². The molecule has 1 N–H and O–H groups in total. The van der Waals surface area contributed by atoms with Crippen molar-refractivity contribution in [3.8, 4) is 5.75 Å². The molecule has 4 heteroatoms. The number of aromatic nitrogens is 1. The highest BCUT2D eigenvalue weighted by atomic mass is 16.3. The van der Waals surface area contributed by atoms with Crippen molar-refractivity contribution in [3.05, 3.63) is 76.9 Å². The molecule has 2 aliphatic rings. The molecule has 0 spiro atoms. The van der Waals surface area contributed by atoms with Gasteiger partial charge in [0.15, 0.2) is 0 Å². The van der Waals surface area contributed by atoms with E-state index in [4.69, 9.17) is 0 Å². The van der Waals surface area contributed by atoms with Gasteiger partial charge in [0.05, 0.1) is 16.4 Å². The normalized spacial score (nSPS) is 16.5. The van der Waals surface area contributed by atoms with Crippen molar-refractivity contribution in [1.29, 1.82) is 0 Å². The maximum atomic E-state index is 12.8. The van der Waals surface area contributed by atoms with Gasteiger partial charge in [-0.15, -0.1) is 0 Å². The van der Waals surface area contributed by atoms with E-state index in [0.717, 1.165) is 54.3 Å². The van der Waals surface area contributed by atoms with Gasteiger partial charge in [-0.25, -0.2) is 0 Å². The number of benzene rings is 3. The number of aromatic hydroxyl groups is 1. The fourth-order valence-corrected chi connectivity index (χ4v) is 5.24. The Labute approximate surface area is 169 Å². The number of hydrogen-bond acceptors (Lipinski definition) is 3. The van der Waals surface area contributed by atoms with Crippen molar-refractivity contribution >= 4 is 27.7 Å². The summed E-state index contributed by atoms with van der Waals surface area (Å²) in [7, 11) is 0. The number of nitrogens with zero attached hydrogens (tertiary/aromatic N) is 2. The second-order valence-corrected chi connectivity index (χ2v) is 8.24. The van der Waals surface area contributed by atoms with Crippen LogP contribution < -0.4 is 0 Å². The summed E-state index contributed by atoms with van der Waals surface area (Å²) in [6, 6.07) is 18.4. The van der Waals surface area contributed by atoms with E-state index in [1.54, 1.807) is 6.07 Å². The van der Waals surface area contributed by atoms with E-state index >= 15 is 0 Å². The molecule has 144 valence electrons. The monoisotopic (exact) mass is 382 g/mol. The zero-order valence-corrected chi connectivity index (χ0v) is 16.2. The highest BCUT2D eigenvalue weighted by Crippen LogP contribution is 2.43. The topological polar surface area (TPSA) is 45.5 Å². The molecule has 0 saturated heterocycles.